The van der Waals surface area contributed by atoms with E-state index in [1.807, 2.05) is 11.9 Å². The van der Waals surface area contributed by atoms with E-state index in [2.05, 4.69) is 0 Å². The summed E-state index contributed by atoms with van der Waals surface area (Å²) in [5, 5.41) is 0. The maximum atomic E-state index is 13.0. The molecule has 2 rings (SSSR count). The van der Waals surface area contributed by atoms with Crippen molar-refractivity contribution in [1.82, 2.24) is 4.90 Å². The van der Waals surface area contributed by atoms with Gasteiger partial charge >= 0.3 is 6.18 Å². The SMILES string of the molecule is CN(Cc1ccc(N)cc1C(F)(F)F)C1CCCC1. The predicted octanol–water partition coefficient (Wildman–Crippen LogP) is 3.66. The first-order valence-corrected chi connectivity index (χ1v) is 6.54. The van der Waals surface area contributed by atoms with Crippen LogP contribution in [0.2, 0.25) is 0 Å². The average Bonchev–Trinajstić information content (AvgIpc) is 2.83. The van der Waals surface area contributed by atoms with Gasteiger partial charge in [-0.25, -0.2) is 0 Å². The summed E-state index contributed by atoms with van der Waals surface area (Å²) >= 11 is 0. The fourth-order valence-corrected chi connectivity index (χ4v) is 2.74. The fourth-order valence-electron chi connectivity index (χ4n) is 2.74. The lowest BCUT2D eigenvalue weighted by molar-refractivity contribution is -0.138. The van der Waals surface area contributed by atoms with Crippen LogP contribution in [0.5, 0.6) is 0 Å². The van der Waals surface area contributed by atoms with Crippen molar-refractivity contribution in [2.24, 2.45) is 0 Å². The highest BCUT2D eigenvalue weighted by Crippen LogP contribution is 2.34. The molecule has 1 aliphatic carbocycles. The lowest BCUT2D eigenvalue weighted by Crippen LogP contribution is -2.29. The van der Waals surface area contributed by atoms with E-state index in [4.69, 9.17) is 5.73 Å². The van der Waals surface area contributed by atoms with E-state index in [9.17, 15) is 13.2 Å². The van der Waals surface area contributed by atoms with E-state index in [1.54, 1.807) is 0 Å². The van der Waals surface area contributed by atoms with Gasteiger partial charge in [0.05, 0.1) is 5.56 Å². The van der Waals surface area contributed by atoms with Crippen molar-refractivity contribution in [1.29, 1.82) is 0 Å². The van der Waals surface area contributed by atoms with Crippen LogP contribution in [0, 0.1) is 0 Å². The van der Waals surface area contributed by atoms with E-state index < -0.39 is 11.7 Å². The summed E-state index contributed by atoms with van der Waals surface area (Å²) in [4.78, 5) is 2.02. The van der Waals surface area contributed by atoms with Crippen molar-refractivity contribution in [3.63, 3.8) is 0 Å². The van der Waals surface area contributed by atoms with Gasteiger partial charge in [-0.1, -0.05) is 18.9 Å². The second kappa shape index (κ2) is 5.41. The first-order chi connectivity index (χ1) is 8.88. The Bertz CT molecular complexity index is 437. The van der Waals surface area contributed by atoms with Gasteiger partial charge in [0, 0.05) is 18.3 Å². The maximum absolute atomic E-state index is 13.0. The molecule has 0 spiro atoms. The molecule has 0 atom stereocenters. The van der Waals surface area contributed by atoms with E-state index in [0.29, 0.717) is 18.2 Å². The second-order valence-corrected chi connectivity index (χ2v) is 5.27. The molecular weight excluding hydrogens is 253 g/mol. The molecule has 0 radical (unpaired) electrons. The highest BCUT2D eigenvalue weighted by molar-refractivity contribution is 5.46. The Morgan fingerprint density at radius 2 is 1.89 bits per heavy atom. The third-order valence-corrected chi connectivity index (χ3v) is 3.81. The molecule has 1 aliphatic rings. The number of alkyl halides is 3. The number of rotatable bonds is 3. The Morgan fingerprint density at radius 1 is 1.26 bits per heavy atom. The van der Waals surface area contributed by atoms with Gasteiger partial charge in [0.2, 0.25) is 0 Å². The zero-order valence-corrected chi connectivity index (χ0v) is 11.0. The highest BCUT2D eigenvalue weighted by Gasteiger charge is 2.34. The first-order valence-electron chi connectivity index (χ1n) is 6.54. The molecule has 0 heterocycles. The van der Waals surface area contributed by atoms with Gasteiger partial charge in [-0.2, -0.15) is 13.2 Å². The highest BCUT2D eigenvalue weighted by atomic mass is 19.4. The summed E-state index contributed by atoms with van der Waals surface area (Å²) in [6.07, 6.45) is 0.145. The van der Waals surface area contributed by atoms with Crippen molar-refractivity contribution in [3.05, 3.63) is 29.3 Å². The van der Waals surface area contributed by atoms with Gasteiger partial charge < -0.3 is 5.73 Å². The van der Waals surface area contributed by atoms with Crippen LogP contribution in [-0.2, 0) is 12.7 Å². The number of halogens is 3. The van der Waals surface area contributed by atoms with Crippen molar-refractivity contribution < 1.29 is 13.2 Å². The quantitative estimate of drug-likeness (QED) is 0.851. The Balaban J connectivity index is 2.19. The Kier molecular flexibility index (Phi) is 4.04. The number of anilines is 1. The monoisotopic (exact) mass is 272 g/mol. The maximum Gasteiger partial charge on any atom is 0.416 e. The summed E-state index contributed by atoms with van der Waals surface area (Å²) < 4.78 is 38.9. The van der Waals surface area contributed by atoms with E-state index in [0.717, 1.165) is 18.9 Å². The van der Waals surface area contributed by atoms with Gasteiger partial charge in [-0.3, -0.25) is 4.90 Å². The molecule has 0 unspecified atom stereocenters. The molecule has 0 saturated heterocycles. The number of nitrogen functional groups attached to an aromatic ring is 1. The number of hydrogen-bond donors (Lipinski definition) is 1. The van der Waals surface area contributed by atoms with Gasteiger partial charge in [0.1, 0.15) is 0 Å². The Labute approximate surface area is 111 Å². The largest absolute Gasteiger partial charge is 0.416 e. The Hall–Kier alpha value is -1.23. The van der Waals surface area contributed by atoms with Gasteiger partial charge in [0.15, 0.2) is 0 Å². The molecule has 1 saturated carbocycles. The van der Waals surface area contributed by atoms with Crippen molar-refractivity contribution >= 4 is 5.69 Å². The van der Waals surface area contributed by atoms with Gasteiger partial charge in [0.25, 0.3) is 0 Å². The smallest absolute Gasteiger partial charge is 0.399 e. The minimum Gasteiger partial charge on any atom is -0.399 e. The minimum absolute atomic E-state index is 0.152. The molecule has 1 aromatic rings. The molecule has 0 amide bonds. The molecule has 19 heavy (non-hydrogen) atoms. The molecule has 106 valence electrons. The summed E-state index contributed by atoms with van der Waals surface area (Å²) in [6, 6.07) is 4.45. The summed E-state index contributed by atoms with van der Waals surface area (Å²) in [7, 11) is 1.90. The molecule has 2 N–H and O–H groups in total. The number of hydrogen-bond acceptors (Lipinski definition) is 2. The molecule has 0 aromatic heterocycles. The van der Waals surface area contributed by atoms with Gasteiger partial charge in [-0.15, -0.1) is 0 Å². The van der Waals surface area contributed by atoms with Crippen LogP contribution in [0.25, 0.3) is 0 Å². The standard InChI is InChI=1S/C14H19F3N2/c1-19(12-4-2-3-5-12)9-10-6-7-11(18)8-13(10)14(15,16)17/h6-8,12H,2-5,9,18H2,1H3. The molecule has 0 aliphatic heterocycles. The number of benzene rings is 1. The molecule has 1 aromatic carbocycles. The van der Waals surface area contributed by atoms with Crippen molar-refractivity contribution in [2.75, 3.05) is 12.8 Å². The number of nitrogens with zero attached hydrogens (tertiary/aromatic N) is 1. The zero-order valence-electron chi connectivity index (χ0n) is 11.0. The summed E-state index contributed by atoms with van der Waals surface area (Å²) in [6.45, 7) is 0.319. The first kappa shape index (κ1) is 14.2. The third kappa shape index (κ3) is 3.41. The van der Waals surface area contributed by atoms with Crippen LogP contribution >= 0.6 is 0 Å². The van der Waals surface area contributed by atoms with Crippen LogP contribution in [0.1, 0.15) is 36.8 Å². The number of nitrogens with two attached hydrogens (primary N) is 1. The van der Waals surface area contributed by atoms with Crippen LogP contribution in [0.4, 0.5) is 18.9 Å². The topological polar surface area (TPSA) is 29.3 Å². The average molecular weight is 272 g/mol. The van der Waals surface area contributed by atoms with Crippen molar-refractivity contribution in [2.45, 2.75) is 44.4 Å². The van der Waals surface area contributed by atoms with E-state index in [1.165, 1.54) is 25.0 Å². The molecule has 2 nitrogen and oxygen atoms in total. The third-order valence-electron chi connectivity index (χ3n) is 3.81. The predicted molar refractivity (Wildman–Crippen MR) is 69.6 cm³/mol. The summed E-state index contributed by atoms with van der Waals surface area (Å²) in [5.74, 6) is 0. The zero-order chi connectivity index (χ0) is 14.0. The molecular formula is C14H19F3N2. The molecule has 5 heteroatoms. The Morgan fingerprint density at radius 3 is 2.47 bits per heavy atom. The van der Waals surface area contributed by atoms with Crippen molar-refractivity contribution in [3.8, 4) is 0 Å². The van der Waals surface area contributed by atoms with Crippen LogP contribution < -0.4 is 5.73 Å². The second-order valence-electron chi connectivity index (χ2n) is 5.27. The van der Waals surface area contributed by atoms with E-state index >= 15 is 0 Å². The molecule has 0 bridgehead atoms. The van der Waals surface area contributed by atoms with E-state index in [-0.39, 0.29) is 5.69 Å². The normalized spacial score (nSPS) is 17.3. The minimum atomic E-state index is -4.35. The fraction of sp³-hybridized carbons (Fsp3) is 0.571. The summed E-state index contributed by atoms with van der Waals surface area (Å²) in [5.41, 5.74) is 5.30. The van der Waals surface area contributed by atoms with Crippen LogP contribution in [-0.4, -0.2) is 18.0 Å². The molecule has 1 fully saturated rings. The van der Waals surface area contributed by atoms with Crippen LogP contribution in [0.3, 0.4) is 0 Å². The van der Waals surface area contributed by atoms with Crippen LogP contribution in [0.15, 0.2) is 18.2 Å². The lowest BCUT2D eigenvalue weighted by Gasteiger charge is -2.25. The lowest BCUT2D eigenvalue weighted by atomic mass is 10.0. The van der Waals surface area contributed by atoms with Gasteiger partial charge in [-0.05, 0) is 37.6 Å².